The third kappa shape index (κ3) is 7.79. The van der Waals surface area contributed by atoms with Gasteiger partial charge in [-0.25, -0.2) is 4.39 Å². The van der Waals surface area contributed by atoms with Crippen LogP contribution in [0.3, 0.4) is 0 Å². The maximum absolute atomic E-state index is 12.4. The van der Waals surface area contributed by atoms with Crippen molar-refractivity contribution in [2.24, 2.45) is 0 Å². The van der Waals surface area contributed by atoms with E-state index in [1.165, 1.54) is 19.3 Å². The van der Waals surface area contributed by atoms with E-state index in [0.29, 0.717) is 6.42 Å². The molecule has 1 N–H and O–H groups in total. The van der Waals surface area contributed by atoms with E-state index in [4.69, 9.17) is 5.11 Å². The van der Waals surface area contributed by atoms with Gasteiger partial charge in [-0.15, -0.1) is 0 Å². The van der Waals surface area contributed by atoms with Crippen LogP contribution >= 0.6 is 0 Å². The highest BCUT2D eigenvalue weighted by Crippen LogP contribution is 2.08. The van der Waals surface area contributed by atoms with E-state index in [1.54, 1.807) is 0 Å². The first-order valence-electron chi connectivity index (χ1n) is 4.56. The molecule has 0 heterocycles. The molecule has 0 amide bonds. The minimum Gasteiger partial charge on any atom is -0.393 e. The number of hydrogen-bond acceptors (Lipinski definition) is 1. The Morgan fingerprint density at radius 2 is 1.82 bits per heavy atom. The summed E-state index contributed by atoms with van der Waals surface area (Å²) < 4.78 is 12.4. The summed E-state index contributed by atoms with van der Waals surface area (Å²) in [5, 5.41) is 8.36. The van der Waals surface area contributed by atoms with Crippen molar-refractivity contribution in [3.05, 3.63) is 0 Å². The summed E-state index contributed by atoms with van der Waals surface area (Å²) in [7, 11) is 0. The fourth-order valence-electron chi connectivity index (χ4n) is 1.06. The van der Waals surface area contributed by atoms with E-state index in [1.807, 2.05) is 0 Å². The number of alkyl halides is 1. The predicted octanol–water partition coefficient (Wildman–Crippen LogP) is 2.68. The van der Waals surface area contributed by atoms with Crippen molar-refractivity contribution in [1.82, 2.24) is 0 Å². The SMILES string of the molecule is CCCCCCCC(F)CO. The van der Waals surface area contributed by atoms with Crippen molar-refractivity contribution in [2.45, 2.75) is 51.6 Å². The Balaban J connectivity index is 2.89. The summed E-state index contributed by atoms with van der Waals surface area (Å²) in [6.07, 6.45) is 5.23. The van der Waals surface area contributed by atoms with Crippen LogP contribution in [-0.2, 0) is 0 Å². The van der Waals surface area contributed by atoms with Crippen molar-refractivity contribution >= 4 is 0 Å². The van der Waals surface area contributed by atoms with Gasteiger partial charge in [0.1, 0.15) is 6.17 Å². The Hall–Kier alpha value is -0.110. The minimum absolute atomic E-state index is 0.312. The maximum Gasteiger partial charge on any atom is 0.123 e. The number of aliphatic hydroxyl groups excluding tert-OH is 1. The average Bonchev–Trinajstić information content (AvgIpc) is 2.04. The molecule has 2 heteroatoms. The second-order valence-corrected chi connectivity index (χ2v) is 2.98. The molecule has 0 saturated carbocycles. The Labute approximate surface area is 68.6 Å². The lowest BCUT2D eigenvalue weighted by molar-refractivity contribution is 0.167. The second kappa shape index (κ2) is 7.99. The first-order valence-corrected chi connectivity index (χ1v) is 4.56. The Bertz CT molecular complexity index is 76.0. The zero-order valence-corrected chi connectivity index (χ0v) is 7.35. The molecule has 0 aliphatic rings. The molecule has 1 nitrogen and oxygen atoms in total. The molecule has 0 bridgehead atoms. The van der Waals surface area contributed by atoms with Gasteiger partial charge in [-0.05, 0) is 6.42 Å². The zero-order chi connectivity index (χ0) is 8.53. The molecule has 11 heavy (non-hydrogen) atoms. The van der Waals surface area contributed by atoms with Gasteiger partial charge >= 0.3 is 0 Å². The van der Waals surface area contributed by atoms with Gasteiger partial charge < -0.3 is 5.11 Å². The molecule has 1 unspecified atom stereocenters. The van der Waals surface area contributed by atoms with Gasteiger partial charge in [0, 0.05) is 0 Å². The van der Waals surface area contributed by atoms with Crippen molar-refractivity contribution < 1.29 is 9.50 Å². The molecule has 0 spiro atoms. The lowest BCUT2D eigenvalue weighted by Gasteiger charge is -2.02. The number of halogens is 1. The van der Waals surface area contributed by atoms with Gasteiger partial charge in [0.25, 0.3) is 0 Å². The highest BCUT2D eigenvalue weighted by molar-refractivity contribution is 4.53. The van der Waals surface area contributed by atoms with Crippen LogP contribution < -0.4 is 0 Å². The smallest absolute Gasteiger partial charge is 0.123 e. The van der Waals surface area contributed by atoms with Crippen molar-refractivity contribution in [3.8, 4) is 0 Å². The first-order chi connectivity index (χ1) is 5.31. The van der Waals surface area contributed by atoms with E-state index >= 15 is 0 Å². The standard InChI is InChI=1S/C9H19FO/c1-2-3-4-5-6-7-9(10)8-11/h9,11H,2-8H2,1H3. The summed E-state index contributed by atoms with van der Waals surface area (Å²) in [5.74, 6) is 0. The molecule has 0 aromatic rings. The molecule has 0 aromatic heterocycles. The largest absolute Gasteiger partial charge is 0.393 e. The summed E-state index contributed by atoms with van der Waals surface area (Å²) in [6.45, 7) is 1.85. The first kappa shape index (κ1) is 10.9. The van der Waals surface area contributed by atoms with Gasteiger partial charge in [-0.3, -0.25) is 0 Å². The third-order valence-electron chi connectivity index (χ3n) is 1.82. The van der Waals surface area contributed by atoms with Gasteiger partial charge in [0.2, 0.25) is 0 Å². The molecule has 0 radical (unpaired) electrons. The summed E-state index contributed by atoms with van der Waals surface area (Å²) in [5.41, 5.74) is 0. The molecular formula is C9H19FO. The zero-order valence-electron chi connectivity index (χ0n) is 7.35. The lowest BCUT2D eigenvalue weighted by Crippen LogP contribution is -2.04. The normalized spacial score (nSPS) is 13.4. The number of unbranched alkanes of at least 4 members (excludes halogenated alkanes) is 4. The van der Waals surface area contributed by atoms with E-state index in [0.717, 1.165) is 12.8 Å². The van der Waals surface area contributed by atoms with Gasteiger partial charge in [0.15, 0.2) is 0 Å². The summed E-state index contributed by atoms with van der Waals surface area (Å²) >= 11 is 0. The molecule has 0 fully saturated rings. The van der Waals surface area contributed by atoms with Crippen LogP contribution in [0.1, 0.15) is 45.4 Å². The molecule has 0 saturated heterocycles. The molecular weight excluding hydrogens is 143 g/mol. The third-order valence-corrected chi connectivity index (χ3v) is 1.82. The van der Waals surface area contributed by atoms with Gasteiger partial charge in [0.05, 0.1) is 6.61 Å². The Kier molecular flexibility index (Phi) is 7.91. The molecule has 0 aliphatic carbocycles. The highest BCUT2D eigenvalue weighted by Gasteiger charge is 2.02. The van der Waals surface area contributed by atoms with Crippen LogP contribution in [0.4, 0.5) is 4.39 Å². The van der Waals surface area contributed by atoms with Crippen LogP contribution in [0.5, 0.6) is 0 Å². The average molecular weight is 162 g/mol. The predicted molar refractivity (Wildman–Crippen MR) is 45.4 cm³/mol. The topological polar surface area (TPSA) is 20.2 Å². The van der Waals surface area contributed by atoms with Gasteiger partial charge in [-0.2, -0.15) is 0 Å². The van der Waals surface area contributed by atoms with E-state index in [-0.39, 0.29) is 6.61 Å². The number of rotatable bonds is 7. The van der Waals surface area contributed by atoms with Crippen molar-refractivity contribution in [1.29, 1.82) is 0 Å². The van der Waals surface area contributed by atoms with Crippen LogP contribution in [0.2, 0.25) is 0 Å². The quantitative estimate of drug-likeness (QED) is 0.571. The molecule has 68 valence electrons. The fraction of sp³-hybridized carbons (Fsp3) is 1.00. The maximum atomic E-state index is 12.4. The van der Waals surface area contributed by atoms with Gasteiger partial charge in [-0.1, -0.05) is 39.0 Å². The molecule has 0 aromatic carbocycles. The second-order valence-electron chi connectivity index (χ2n) is 2.98. The number of aliphatic hydroxyl groups is 1. The summed E-state index contributed by atoms with van der Waals surface area (Å²) in [4.78, 5) is 0. The minimum atomic E-state index is -0.989. The van der Waals surface area contributed by atoms with E-state index < -0.39 is 6.17 Å². The van der Waals surface area contributed by atoms with Crippen LogP contribution in [0.15, 0.2) is 0 Å². The van der Waals surface area contributed by atoms with Crippen LogP contribution in [-0.4, -0.2) is 17.9 Å². The molecule has 1 atom stereocenters. The Morgan fingerprint density at radius 3 is 2.36 bits per heavy atom. The van der Waals surface area contributed by atoms with Crippen LogP contribution in [0.25, 0.3) is 0 Å². The summed E-state index contributed by atoms with van der Waals surface area (Å²) in [6, 6.07) is 0. The molecule has 0 aliphatic heterocycles. The van der Waals surface area contributed by atoms with E-state index in [2.05, 4.69) is 6.92 Å². The molecule has 0 rings (SSSR count). The van der Waals surface area contributed by atoms with Crippen LogP contribution in [0, 0.1) is 0 Å². The fourth-order valence-corrected chi connectivity index (χ4v) is 1.06. The Morgan fingerprint density at radius 1 is 1.18 bits per heavy atom. The van der Waals surface area contributed by atoms with E-state index in [9.17, 15) is 4.39 Å². The van der Waals surface area contributed by atoms with Crippen molar-refractivity contribution in [3.63, 3.8) is 0 Å². The monoisotopic (exact) mass is 162 g/mol. The highest BCUT2D eigenvalue weighted by atomic mass is 19.1. The lowest BCUT2D eigenvalue weighted by atomic mass is 10.1. The number of hydrogen-bond donors (Lipinski definition) is 1. The van der Waals surface area contributed by atoms with Crippen molar-refractivity contribution in [2.75, 3.05) is 6.61 Å².